The van der Waals surface area contributed by atoms with E-state index < -0.39 is 6.04 Å². The van der Waals surface area contributed by atoms with Crippen molar-refractivity contribution < 1.29 is 4.79 Å². The highest BCUT2D eigenvalue weighted by molar-refractivity contribution is 9.10. The van der Waals surface area contributed by atoms with Crippen LogP contribution in [0, 0.1) is 12.3 Å². The molecule has 0 bridgehead atoms. The molecule has 1 rings (SSSR count). The lowest BCUT2D eigenvalue weighted by Gasteiger charge is -2.10. The number of carbonyl (C=O) groups excluding carboxylic acids is 1. The van der Waals surface area contributed by atoms with Gasteiger partial charge in [-0.2, -0.15) is 0 Å². The number of nitrogens with two attached hydrogens (primary N) is 1. The number of halogens is 2. The normalized spacial score (nSPS) is 11.6. The van der Waals surface area contributed by atoms with Gasteiger partial charge in [-0.1, -0.05) is 11.6 Å². The zero-order valence-corrected chi connectivity index (χ0v) is 10.7. The third kappa shape index (κ3) is 3.53. The van der Waals surface area contributed by atoms with Crippen LogP contribution in [0.3, 0.4) is 0 Å². The Hall–Kier alpha value is -1.02. The van der Waals surface area contributed by atoms with Gasteiger partial charge in [0.25, 0.3) is 0 Å². The molecule has 1 aromatic rings. The molecular formula is C11H10BrClN2O. The standard InChI is InChI=1S/C11H10BrClN2O/c1-2-3-10(14)11(16)15-7-4-5-8(12)9(13)6-7/h1,4-6,10H,3,14H2,(H,15,16). The minimum absolute atomic E-state index is 0.204. The maximum absolute atomic E-state index is 11.5. The van der Waals surface area contributed by atoms with E-state index in [1.165, 1.54) is 0 Å². The predicted molar refractivity (Wildman–Crippen MR) is 69.2 cm³/mol. The average molecular weight is 302 g/mol. The van der Waals surface area contributed by atoms with Gasteiger partial charge in [-0.25, -0.2) is 0 Å². The highest BCUT2D eigenvalue weighted by Crippen LogP contribution is 2.25. The van der Waals surface area contributed by atoms with Gasteiger partial charge in [-0.3, -0.25) is 4.79 Å². The molecule has 0 fully saturated rings. The third-order valence-electron chi connectivity index (χ3n) is 1.86. The molecule has 0 saturated carbocycles. The lowest BCUT2D eigenvalue weighted by atomic mass is 10.2. The largest absolute Gasteiger partial charge is 0.325 e. The van der Waals surface area contributed by atoms with Crippen LogP contribution in [0.2, 0.25) is 5.02 Å². The van der Waals surface area contributed by atoms with Crippen molar-refractivity contribution in [1.29, 1.82) is 0 Å². The minimum Gasteiger partial charge on any atom is -0.325 e. The van der Waals surface area contributed by atoms with Gasteiger partial charge >= 0.3 is 0 Å². The molecule has 1 amide bonds. The molecule has 3 N–H and O–H groups in total. The predicted octanol–water partition coefficient (Wildman–Crippen LogP) is 2.39. The number of hydrogen-bond donors (Lipinski definition) is 2. The smallest absolute Gasteiger partial charge is 0.242 e. The number of benzene rings is 1. The second-order valence-corrected chi connectivity index (χ2v) is 4.39. The summed E-state index contributed by atoms with van der Waals surface area (Å²) in [5.74, 6) is 2.01. The first kappa shape index (κ1) is 13.0. The van der Waals surface area contributed by atoms with E-state index >= 15 is 0 Å². The van der Waals surface area contributed by atoms with Crippen molar-refractivity contribution in [2.24, 2.45) is 5.73 Å². The Bertz CT molecular complexity index is 442. The van der Waals surface area contributed by atoms with Crippen molar-refractivity contribution in [2.75, 3.05) is 5.32 Å². The van der Waals surface area contributed by atoms with Crippen LogP contribution in [0.5, 0.6) is 0 Å². The summed E-state index contributed by atoms with van der Waals surface area (Å²) in [4.78, 5) is 11.5. The van der Waals surface area contributed by atoms with Gasteiger partial charge in [0.05, 0.1) is 11.1 Å². The second kappa shape index (κ2) is 5.90. The molecule has 0 aliphatic heterocycles. The summed E-state index contributed by atoms with van der Waals surface area (Å²) in [6, 6.07) is 4.39. The summed E-state index contributed by atoms with van der Waals surface area (Å²) >= 11 is 9.13. The number of nitrogens with one attached hydrogen (secondary N) is 1. The van der Waals surface area contributed by atoms with Crippen molar-refractivity contribution in [3.63, 3.8) is 0 Å². The molecule has 3 nitrogen and oxygen atoms in total. The molecule has 0 radical (unpaired) electrons. The Labute approximate surface area is 107 Å². The van der Waals surface area contributed by atoms with Crippen LogP contribution in [0.1, 0.15) is 6.42 Å². The Balaban J connectivity index is 2.70. The fraction of sp³-hybridized carbons (Fsp3) is 0.182. The first-order valence-corrected chi connectivity index (χ1v) is 5.66. The quantitative estimate of drug-likeness (QED) is 0.842. The molecule has 1 unspecified atom stereocenters. The van der Waals surface area contributed by atoms with Crippen molar-refractivity contribution >= 4 is 39.1 Å². The molecule has 5 heteroatoms. The van der Waals surface area contributed by atoms with Gasteiger partial charge in [0.15, 0.2) is 0 Å². The molecule has 16 heavy (non-hydrogen) atoms. The Kier molecular flexibility index (Phi) is 4.81. The van der Waals surface area contributed by atoms with Crippen LogP contribution in [-0.2, 0) is 4.79 Å². The Morgan fingerprint density at radius 2 is 2.38 bits per heavy atom. The number of amides is 1. The average Bonchev–Trinajstić information content (AvgIpc) is 2.24. The minimum atomic E-state index is -0.701. The molecule has 1 atom stereocenters. The zero-order valence-electron chi connectivity index (χ0n) is 8.34. The lowest BCUT2D eigenvalue weighted by molar-refractivity contribution is -0.117. The summed E-state index contributed by atoms with van der Waals surface area (Å²) in [7, 11) is 0. The molecule has 0 aliphatic rings. The van der Waals surface area contributed by atoms with Gasteiger partial charge in [-0.05, 0) is 34.1 Å². The molecule has 0 aromatic heterocycles. The number of rotatable bonds is 3. The van der Waals surface area contributed by atoms with E-state index in [4.69, 9.17) is 23.8 Å². The summed E-state index contributed by atoms with van der Waals surface area (Å²) < 4.78 is 0.764. The van der Waals surface area contributed by atoms with Gasteiger partial charge in [0.2, 0.25) is 5.91 Å². The van der Waals surface area contributed by atoms with E-state index in [0.717, 1.165) is 4.47 Å². The number of terminal acetylenes is 1. The van der Waals surface area contributed by atoms with Gasteiger partial charge in [0.1, 0.15) is 0 Å². The monoisotopic (exact) mass is 300 g/mol. The molecule has 0 aliphatic carbocycles. The highest BCUT2D eigenvalue weighted by atomic mass is 79.9. The van der Waals surface area contributed by atoms with Crippen LogP contribution in [0.4, 0.5) is 5.69 Å². The van der Waals surface area contributed by atoms with Crippen LogP contribution >= 0.6 is 27.5 Å². The summed E-state index contributed by atoms with van der Waals surface area (Å²) in [6.45, 7) is 0. The number of hydrogen-bond acceptors (Lipinski definition) is 2. The second-order valence-electron chi connectivity index (χ2n) is 3.13. The number of carbonyl (C=O) groups is 1. The van der Waals surface area contributed by atoms with E-state index in [-0.39, 0.29) is 12.3 Å². The number of anilines is 1. The third-order valence-corrected chi connectivity index (χ3v) is 3.09. The van der Waals surface area contributed by atoms with Crippen LogP contribution in [0.25, 0.3) is 0 Å². The van der Waals surface area contributed by atoms with Crippen LogP contribution < -0.4 is 11.1 Å². The molecular weight excluding hydrogens is 291 g/mol. The van der Waals surface area contributed by atoms with E-state index in [9.17, 15) is 4.79 Å². The van der Waals surface area contributed by atoms with Crippen molar-refractivity contribution in [3.05, 3.63) is 27.7 Å². The lowest BCUT2D eigenvalue weighted by Crippen LogP contribution is -2.35. The van der Waals surface area contributed by atoms with Crippen LogP contribution in [-0.4, -0.2) is 11.9 Å². The van der Waals surface area contributed by atoms with E-state index in [0.29, 0.717) is 10.7 Å². The van der Waals surface area contributed by atoms with Gasteiger partial charge in [0, 0.05) is 16.6 Å². The first-order valence-electron chi connectivity index (χ1n) is 4.49. The zero-order chi connectivity index (χ0) is 12.1. The Morgan fingerprint density at radius 3 is 2.94 bits per heavy atom. The molecule has 0 spiro atoms. The fourth-order valence-electron chi connectivity index (χ4n) is 1.03. The maximum atomic E-state index is 11.5. The van der Waals surface area contributed by atoms with E-state index in [2.05, 4.69) is 27.2 Å². The first-order chi connectivity index (χ1) is 7.54. The van der Waals surface area contributed by atoms with Crippen molar-refractivity contribution in [2.45, 2.75) is 12.5 Å². The van der Waals surface area contributed by atoms with Crippen molar-refractivity contribution in [1.82, 2.24) is 0 Å². The highest BCUT2D eigenvalue weighted by Gasteiger charge is 2.12. The molecule has 0 saturated heterocycles. The van der Waals surface area contributed by atoms with Crippen LogP contribution in [0.15, 0.2) is 22.7 Å². The fourth-order valence-corrected chi connectivity index (χ4v) is 1.46. The summed E-state index contributed by atoms with van der Waals surface area (Å²) in [5, 5.41) is 3.15. The van der Waals surface area contributed by atoms with E-state index in [1.54, 1.807) is 18.2 Å². The topological polar surface area (TPSA) is 55.1 Å². The molecule has 0 heterocycles. The van der Waals surface area contributed by atoms with Gasteiger partial charge in [-0.15, -0.1) is 12.3 Å². The molecule has 1 aromatic carbocycles. The summed E-state index contributed by atoms with van der Waals surface area (Å²) in [5.41, 5.74) is 6.14. The summed E-state index contributed by atoms with van der Waals surface area (Å²) in [6.07, 6.45) is 5.27. The maximum Gasteiger partial charge on any atom is 0.242 e. The van der Waals surface area contributed by atoms with Crippen molar-refractivity contribution in [3.8, 4) is 12.3 Å². The molecule has 84 valence electrons. The van der Waals surface area contributed by atoms with E-state index in [1.807, 2.05) is 0 Å². The SMILES string of the molecule is C#CCC(N)C(=O)Nc1ccc(Br)c(Cl)c1. The Morgan fingerprint density at radius 1 is 1.69 bits per heavy atom. The van der Waals surface area contributed by atoms with Gasteiger partial charge < -0.3 is 11.1 Å².